The number of amides is 1. The monoisotopic (exact) mass is 914 g/mol. The number of carbonyl (C=O) groups excluding carboxylic acids is 5. The Bertz CT molecular complexity index is 1760. The number of rotatable bonds is 6. The normalized spacial score (nSPS) is 37.8. The molecule has 1 aliphatic carbocycles. The topological polar surface area (TPSA) is 195 Å². The van der Waals surface area contributed by atoms with E-state index in [1.54, 1.807) is 41.1 Å². The molecule has 3 N–H and O–H groups in total. The summed E-state index contributed by atoms with van der Waals surface area (Å²) in [6, 6.07) is -1.14. The third-order valence-electron chi connectivity index (χ3n) is 14.5. The SMILES string of the molecule is COC1CC2CC[C@@H](C)[C@@](O)(O2)C(=O)C(=O)N2CCCC[C@H]2C(=O)O[C@H]([C@H](C)C[C@@H]2CC[C@@H](O)[C@H](OC)C2)CC(=O)C(C)=CC(C)C(O)[C@@H](OC)C(=O)[C@H](C)C[C@H](C)C=CC=CC=C1C. The van der Waals surface area contributed by atoms with Gasteiger partial charge in [0.15, 0.2) is 11.6 Å². The Morgan fingerprint density at radius 1 is 0.862 bits per heavy atom. The highest BCUT2D eigenvalue weighted by molar-refractivity contribution is 6.39. The lowest BCUT2D eigenvalue weighted by atomic mass is 9.78. The first-order valence-electron chi connectivity index (χ1n) is 23.9. The third kappa shape index (κ3) is 14.3. The zero-order chi connectivity index (χ0) is 48.2. The lowest BCUT2D eigenvalue weighted by Gasteiger charge is -2.42. The van der Waals surface area contributed by atoms with E-state index in [0.717, 1.165) is 12.0 Å². The van der Waals surface area contributed by atoms with Crippen LogP contribution in [0.1, 0.15) is 126 Å². The van der Waals surface area contributed by atoms with Gasteiger partial charge in [-0.15, -0.1) is 0 Å². The largest absolute Gasteiger partial charge is 0.460 e. The number of hydrogen-bond acceptors (Lipinski definition) is 13. The predicted molar refractivity (Wildman–Crippen MR) is 245 cm³/mol. The van der Waals surface area contributed by atoms with Crippen LogP contribution in [0.5, 0.6) is 0 Å². The number of hydrogen-bond donors (Lipinski definition) is 3. The van der Waals surface area contributed by atoms with E-state index >= 15 is 0 Å². The second-order valence-electron chi connectivity index (χ2n) is 19.6. The van der Waals surface area contributed by atoms with E-state index in [2.05, 4.69) is 0 Å². The molecule has 0 aromatic heterocycles. The van der Waals surface area contributed by atoms with Gasteiger partial charge in [0.05, 0.1) is 30.5 Å². The van der Waals surface area contributed by atoms with Crippen LogP contribution in [0.4, 0.5) is 0 Å². The third-order valence-corrected chi connectivity index (χ3v) is 14.5. The van der Waals surface area contributed by atoms with E-state index in [-0.39, 0.29) is 54.8 Å². The number of piperidine rings is 1. The number of allylic oxidation sites excluding steroid dienone is 6. The Balaban J connectivity index is 1.70. The number of nitrogens with zero attached hydrogens (tertiary/aromatic N) is 1. The number of ether oxygens (including phenoxy) is 5. The van der Waals surface area contributed by atoms with Crippen molar-refractivity contribution in [2.75, 3.05) is 27.9 Å². The molecule has 0 aromatic rings. The quantitative estimate of drug-likeness (QED) is 0.202. The Morgan fingerprint density at radius 2 is 1.58 bits per heavy atom. The highest BCUT2D eigenvalue weighted by atomic mass is 16.6. The van der Waals surface area contributed by atoms with Gasteiger partial charge < -0.3 is 43.9 Å². The Morgan fingerprint density at radius 3 is 2.26 bits per heavy atom. The van der Waals surface area contributed by atoms with Crippen LogP contribution < -0.4 is 0 Å². The molecule has 3 aliphatic heterocycles. The molecule has 0 spiro atoms. The fourth-order valence-corrected chi connectivity index (χ4v) is 10.1. The summed E-state index contributed by atoms with van der Waals surface area (Å²) in [7, 11) is 4.53. The maximum atomic E-state index is 14.4. The minimum Gasteiger partial charge on any atom is -0.460 e. The maximum Gasteiger partial charge on any atom is 0.329 e. The highest BCUT2D eigenvalue weighted by Crippen LogP contribution is 2.38. The van der Waals surface area contributed by atoms with Gasteiger partial charge in [-0.25, -0.2) is 4.79 Å². The van der Waals surface area contributed by atoms with Gasteiger partial charge in [-0.05, 0) is 107 Å². The Hall–Kier alpha value is -3.37. The molecule has 4 aliphatic rings. The van der Waals surface area contributed by atoms with Gasteiger partial charge in [0.25, 0.3) is 11.7 Å². The van der Waals surface area contributed by atoms with Gasteiger partial charge in [-0.3, -0.25) is 19.2 Å². The minimum atomic E-state index is -2.43. The number of methoxy groups -OCH3 is 3. The van der Waals surface area contributed by atoms with Crippen LogP contribution in [0, 0.1) is 35.5 Å². The maximum absolute atomic E-state index is 14.4. The zero-order valence-electron chi connectivity index (χ0n) is 40.6. The van der Waals surface area contributed by atoms with Crippen LogP contribution >= 0.6 is 0 Å². The number of ketones is 3. The first-order chi connectivity index (χ1) is 30.7. The zero-order valence-corrected chi connectivity index (χ0v) is 40.6. The molecule has 3 fully saturated rings. The first kappa shape index (κ1) is 54.2. The van der Waals surface area contributed by atoms with Crippen molar-refractivity contribution in [3.8, 4) is 0 Å². The second-order valence-corrected chi connectivity index (χ2v) is 19.6. The van der Waals surface area contributed by atoms with Crippen LogP contribution in [-0.2, 0) is 47.7 Å². The lowest BCUT2D eigenvalue weighted by molar-refractivity contribution is -0.265. The summed E-state index contributed by atoms with van der Waals surface area (Å²) in [4.78, 5) is 71.7. The predicted octanol–water partition coefficient (Wildman–Crippen LogP) is 6.18. The second kappa shape index (κ2) is 25.1. The molecule has 65 heavy (non-hydrogen) atoms. The molecule has 0 radical (unpaired) electrons. The summed E-state index contributed by atoms with van der Waals surface area (Å²) in [5.74, 6) is -7.93. The summed E-state index contributed by atoms with van der Waals surface area (Å²) in [6.07, 6.45) is 11.2. The van der Waals surface area contributed by atoms with Crippen LogP contribution in [0.15, 0.2) is 47.6 Å². The number of aliphatic hydroxyl groups excluding tert-OH is 2. The fourth-order valence-electron chi connectivity index (χ4n) is 10.1. The molecule has 1 saturated carbocycles. The van der Waals surface area contributed by atoms with Crippen LogP contribution in [0.3, 0.4) is 0 Å². The van der Waals surface area contributed by atoms with Gasteiger partial charge in [0, 0.05) is 58.5 Å². The van der Waals surface area contributed by atoms with Crippen molar-refractivity contribution in [1.82, 2.24) is 4.90 Å². The van der Waals surface area contributed by atoms with Crippen molar-refractivity contribution in [2.45, 2.75) is 180 Å². The van der Waals surface area contributed by atoms with E-state index in [9.17, 15) is 39.3 Å². The van der Waals surface area contributed by atoms with Gasteiger partial charge in [-0.1, -0.05) is 71.1 Å². The van der Waals surface area contributed by atoms with Crippen molar-refractivity contribution in [3.63, 3.8) is 0 Å². The van der Waals surface area contributed by atoms with Crippen molar-refractivity contribution in [3.05, 3.63) is 47.6 Å². The average Bonchev–Trinajstić information content (AvgIpc) is 3.28. The summed E-state index contributed by atoms with van der Waals surface area (Å²) in [6.45, 7) is 12.7. The molecule has 2 saturated heterocycles. The van der Waals surface area contributed by atoms with E-state index in [0.29, 0.717) is 63.4 Å². The molecule has 3 heterocycles. The molecular formula is C51H79NO13. The molecule has 4 rings (SSSR count). The Kier molecular flexibility index (Phi) is 21.0. The number of esters is 1. The standard InChI is InChI=1S/C51H79NO13/c1-30-16-12-11-13-17-31(2)42(61-8)28-38-21-19-36(7)51(60,65-38)48(57)49(58)52-23-15-14-18-39(52)50(59)64-43(33(4)26-37-20-22-40(53)44(27-37)62-9)29-41(54)32(3)25-35(6)46(56)47(63-10)45(55)34(5)24-30/h11-13,16-17,25,30,33-40,42-44,46-47,53,56,60H,14-15,18-24,26-29H2,1-10H3/t30-,33-,34-,35?,36-,37+,38?,39+,40-,42?,43+,44-,46?,47+,51-/m1/s1. The molecule has 4 unspecified atom stereocenters. The van der Waals surface area contributed by atoms with Crippen molar-refractivity contribution < 1.29 is 63.0 Å². The molecule has 15 atom stereocenters. The minimum absolute atomic E-state index is 0.0220. The number of cyclic esters (lactones) is 1. The van der Waals surface area contributed by atoms with Crippen LogP contribution in [0.2, 0.25) is 0 Å². The van der Waals surface area contributed by atoms with Gasteiger partial charge in [-0.2, -0.15) is 0 Å². The molecule has 1 amide bonds. The van der Waals surface area contributed by atoms with Crippen molar-refractivity contribution in [2.24, 2.45) is 35.5 Å². The molecular weight excluding hydrogens is 835 g/mol. The highest BCUT2D eigenvalue weighted by Gasteiger charge is 2.53. The van der Waals surface area contributed by atoms with Crippen molar-refractivity contribution in [1.29, 1.82) is 0 Å². The van der Waals surface area contributed by atoms with Crippen LogP contribution in [0.25, 0.3) is 0 Å². The molecule has 366 valence electrons. The summed E-state index contributed by atoms with van der Waals surface area (Å²) < 4.78 is 29.4. The lowest BCUT2D eigenvalue weighted by Crippen LogP contribution is -2.61. The van der Waals surface area contributed by atoms with E-state index in [4.69, 9.17) is 23.7 Å². The van der Waals surface area contributed by atoms with Crippen molar-refractivity contribution >= 4 is 29.2 Å². The number of aliphatic hydroxyl groups is 3. The first-order valence-corrected chi connectivity index (χ1v) is 23.9. The fraction of sp³-hybridized carbons (Fsp3) is 0.745. The van der Waals surface area contributed by atoms with Crippen LogP contribution in [-0.4, -0.2) is 132 Å². The van der Waals surface area contributed by atoms with E-state index in [1.165, 1.54) is 12.0 Å². The molecule has 14 heteroatoms. The average molecular weight is 914 g/mol. The van der Waals surface area contributed by atoms with Gasteiger partial charge >= 0.3 is 5.97 Å². The smallest absolute Gasteiger partial charge is 0.329 e. The summed E-state index contributed by atoms with van der Waals surface area (Å²) >= 11 is 0. The number of Topliss-reactive ketones (excluding diaryl/α,β-unsaturated/α-hetero) is 3. The van der Waals surface area contributed by atoms with E-state index in [1.807, 2.05) is 58.1 Å². The molecule has 14 nitrogen and oxygen atoms in total. The molecule has 0 aromatic carbocycles. The summed E-state index contributed by atoms with van der Waals surface area (Å²) in [5.41, 5.74) is 1.19. The summed E-state index contributed by atoms with van der Waals surface area (Å²) in [5, 5.41) is 33.9. The van der Waals surface area contributed by atoms with Gasteiger partial charge in [0.1, 0.15) is 18.2 Å². The Labute approximate surface area is 387 Å². The van der Waals surface area contributed by atoms with Gasteiger partial charge in [0.2, 0.25) is 5.79 Å². The van der Waals surface area contributed by atoms with E-state index < -0.39 is 83.9 Å². The number of carbonyl (C=O) groups is 5. The number of fused-ring (bicyclic) bond motifs is 3. The molecule has 2 bridgehead atoms.